The average molecular weight is 327 g/mol. The summed E-state index contributed by atoms with van der Waals surface area (Å²) in [5.41, 5.74) is 7.67. The topological polar surface area (TPSA) is 142 Å². The van der Waals surface area contributed by atoms with E-state index in [4.69, 9.17) is 15.9 Å². The Kier molecular flexibility index (Phi) is 7.03. The Morgan fingerprint density at radius 2 is 1.82 bits per heavy atom. The van der Waals surface area contributed by atoms with Crippen LogP contribution in [0.5, 0.6) is 0 Å². The Balaban J connectivity index is 2.74. The highest BCUT2D eigenvalue weighted by molar-refractivity contribution is 7.14. The first-order valence-electron chi connectivity index (χ1n) is 6.53. The zero-order valence-electron chi connectivity index (χ0n) is 11.7. The van der Waals surface area contributed by atoms with E-state index in [2.05, 4.69) is 10.5 Å². The number of thiophene rings is 1. The monoisotopic (exact) mass is 327 g/mol. The first kappa shape index (κ1) is 17.6. The number of amides is 2. The summed E-state index contributed by atoms with van der Waals surface area (Å²) in [6.45, 7) is 0. The van der Waals surface area contributed by atoms with Crippen LogP contribution >= 0.6 is 11.3 Å². The number of hydrogen-bond acceptors (Lipinski definition) is 5. The highest BCUT2D eigenvalue weighted by Gasteiger charge is 2.11. The molecule has 0 aliphatic heterocycles. The van der Waals surface area contributed by atoms with E-state index in [0.717, 1.165) is 4.88 Å². The van der Waals surface area contributed by atoms with Crippen LogP contribution in [0.25, 0.3) is 0 Å². The minimum absolute atomic E-state index is 0.0607. The predicted octanol–water partition coefficient (Wildman–Crippen LogP) is 1.39. The molecule has 0 bridgehead atoms. The molecule has 1 aromatic heterocycles. The van der Waals surface area contributed by atoms with E-state index in [1.807, 2.05) is 0 Å². The maximum absolute atomic E-state index is 10.8. The lowest BCUT2D eigenvalue weighted by Crippen LogP contribution is -2.25. The van der Waals surface area contributed by atoms with Crippen LogP contribution < -0.4 is 11.2 Å². The Bertz CT molecular complexity index is 582. The van der Waals surface area contributed by atoms with Crippen molar-refractivity contribution < 1.29 is 24.6 Å². The number of nitrogens with one attached hydrogen (secondary N) is 1. The summed E-state index contributed by atoms with van der Waals surface area (Å²) in [4.78, 5) is 33.3. The number of nitrogens with two attached hydrogens (primary N) is 1. The maximum atomic E-state index is 10.8. The second-order valence-electron chi connectivity index (χ2n) is 4.47. The zero-order chi connectivity index (χ0) is 16.5. The van der Waals surface area contributed by atoms with Gasteiger partial charge in [-0.3, -0.25) is 9.59 Å². The van der Waals surface area contributed by atoms with E-state index in [-0.39, 0.29) is 12.8 Å². The number of unbranched alkanes of at least 4 members (excludes halogenated alkanes) is 1. The molecule has 22 heavy (non-hydrogen) atoms. The molecule has 0 aliphatic carbocycles. The average Bonchev–Trinajstić information content (AvgIpc) is 2.84. The van der Waals surface area contributed by atoms with Crippen LogP contribution in [-0.4, -0.2) is 33.9 Å². The lowest BCUT2D eigenvalue weighted by atomic mass is 10.1. The van der Waals surface area contributed by atoms with Gasteiger partial charge in [-0.15, -0.1) is 11.3 Å². The van der Waals surface area contributed by atoms with E-state index in [0.29, 0.717) is 29.9 Å². The van der Waals surface area contributed by atoms with Gasteiger partial charge in [-0.2, -0.15) is 5.10 Å². The second kappa shape index (κ2) is 8.78. The van der Waals surface area contributed by atoms with Crippen molar-refractivity contribution in [1.29, 1.82) is 0 Å². The SMILES string of the molecule is NC(=O)NN=C(CCCCC(=O)O)c1ccc(CC(=O)O)s1. The molecular formula is C13H17N3O5S. The molecular weight excluding hydrogens is 310 g/mol. The Hall–Kier alpha value is -2.42. The van der Waals surface area contributed by atoms with Crippen LogP contribution in [0.2, 0.25) is 0 Å². The molecule has 0 saturated carbocycles. The van der Waals surface area contributed by atoms with Crippen LogP contribution in [0, 0.1) is 0 Å². The Labute approximate surface area is 130 Å². The molecule has 5 N–H and O–H groups in total. The number of hydrazone groups is 1. The fraction of sp³-hybridized carbons (Fsp3) is 0.385. The Morgan fingerprint density at radius 1 is 1.14 bits per heavy atom. The molecule has 0 spiro atoms. The van der Waals surface area contributed by atoms with Crippen molar-refractivity contribution in [2.24, 2.45) is 10.8 Å². The van der Waals surface area contributed by atoms with Gasteiger partial charge in [0.25, 0.3) is 0 Å². The molecule has 0 aromatic carbocycles. The summed E-state index contributed by atoms with van der Waals surface area (Å²) in [6.07, 6.45) is 1.50. The van der Waals surface area contributed by atoms with E-state index in [1.54, 1.807) is 12.1 Å². The molecule has 8 nitrogen and oxygen atoms in total. The standard InChI is InChI=1S/C13H17N3O5S/c14-13(21)16-15-9(3-1-2-4-11(17)18)10-6-5-8(22-10)7-12(19)20/h5-6H,1-4,7H2,(H,17,18)(H,19,20)(H3,14,16,21). The third kappa shape index (κ3) is 6.84. The third-order valence-electron chi connectivity index (χ3n) is 2.63. The number of aliphatic carboxylic acids is 2. The number of rotatable bonds is 9. The molecule has 0 saturated heterocycles. The third-order valence-corrected chi connectivity index (χ3v) is 3.76. The molecule has 1 heterocycles. The van der Waals surface area contributed by atoms with Gasteiger partial charge in [-0.25, -0.2) is 10.2 Å². The number of carbonyl (C=O) groups is 3. The lowest BCUT2D eigenvalue weighted by molar-refractivity contribution is -0.137. The van der Waals surface area contributed by atoms with Crippen molar-refractivity contribution in [3.05, 3.63) is 21.9 Å². The number of urea groups is 1. The van der Waals surface area contributed by atoms with Crippen LogP contribution in [0.3, 0.4) is 0 Å². The number of carbonyl (C=O) groups excluding carboxylic acids is 1. The van der Waals surface area contributed by atoms with Crippen molar-refractivity contribution in [1.82, 2.24) is 5.43 Å². The van der Waals surface area contributed by atoms with E-state index >= 15 is 0 Å². The molecule has 0 fully saturated rings. The molecule has 0 radical (unpaired) electrons. The van der Waals surface area contributed by atoms with Crippen LogP contribution in [-0.2, 0) is 16.0 Å². The minimum Gasteiger partial charge on any atom is -0.481 e. The largest absolute Gasteiger partial charge is 0.481 e. The Morgan fingerprint density at radius 3 is 2.41 bits per heavy atom. The predicted molar refractivity (Wildman–Crippen MR) is 81.0 cm³/mol. The van der Waals surface area contributed by atoms with Crippen molar-refractivity contribution in [2.45, 2.75) is 32.1 Å². The molecule has 120 valence electrons. The summed E-state index contributed by atoms with van der Waals surface area (Å²) in [6, 6.07) is 2.61. The maximum Gasteiger partial charge on any atom is 0.332 e. The fourth-order valence-corrected chi connectivity index (χ4v) is 2.72. The van der Waals surface area contributed by atoms with Gasteiger partial charge in [0.15, 0.2) is 0 Å². The smallest absolute Gasteiger partial charge is 0.332 e. The van der Waals surface area contributed by atoms with Crippen molar-refractivity contribution in [3.8, 4) is 0 Å². The van der Waals surface area contributed by atoms with E-state index < -0.39 is 18.0 Å². The summed E-state index contributed by atoms with van der Waals surface area (Å²) in [5.74, 6) is -1.79. The molecule has 1 aromatic rings. The number of primary amides is 1. The van der Waals surface area contributed by atoms with E-state index in [9.17, 15) is 14.4 Å². The number of hydrogen-bond donors (Lipinski definition) is 4. The van der Waals surface area contributed by atoms with Gasteiger partial charge >= 0.3 is 18.0 Å². The van der Waals surface area contributed by atoms with Crippen molar-refractivity contribution in [2.75, 3.05) is 0 Å². The molecule has 9 heteroatoms. The van der Waals surface area contributed by atoms with Gasteiger partial charge in [-0.05, 0) is 31.4 Å². The lowest BCUT2D eigenvalue weighted by Gasteiger charge is -2.04. The summed E-state index contributed by atoms with van der Waals surface area (Å²) < 4.78 is 0. The molecule has 0 unspecified atom stereocenters. The minimum atomic E-state index is -0.927. The molecule has 0 atom stereocenters. The second-order valence-corrected chi connectivity index (χ2v) is 5.64. The summed E-state index contributed by atoms with van der Waals surface area (Å²) in [7, 11) is 0. The quantitative estimate of drug-likeness (QED) is 0.308. The number of nitrogens with zero attached hydrogens (tertiary/aromatic N) is 1. The van der Waals surface area contributed by atoms with Gasteiger partial charge in [0.1, 0.15) is 0 Å². The highest BCUT2D eigenvalue weighted by atomic mass is 32.1. The van der Waals surface area contributed by atoms with E-state index in [1.165, 1.54) is 11.3 Å². The van der Waals surface area contributed by atoms with Gasteiger partial charge in [0.2, 0.25) is 0 Å². The fourth-order valence-electron chi connectivity index (χ4n) is 1.70. The molecule has 2 amide bonds. The van der Waals surface area contributed by atoms with Crippen LogP contribution in [0.1, 0.15) is 35.4 Å². The van der Waals surface area contributed by atoms with Crippen molar-refractivity contribution in [3.63, 3.8) is 0 Å². The first-order valence-corrected chi connectivity index (χ1v) is 7.35. The van der Waals surface area contributed by atoms with Crippen LogP contribution in [0.15, 0.2) is 17.2 Å². The van der Waals surface area contributed by atoms with Gasteiger partial charge in [0.05, 0.1) is 17.0 Å². The summed E-state index contributed by atoms with van der Waals surface area (Å²) >= 11 is 1.27. The van der Waals surface area contributed by atoms with Gasteiger partial charge in [-0.1, -0.05) is 0 Å². The normalized spacial score (nSPS) is 11.2. The molecule has 0 aliphatic rings. The molecule has 1 rings (SSSR count). The van der Waals surface area contributed by atoms with Crippen molar-refractivity contribution >= 4 is 35.0 Å². The highest BCUT2D eigenvalue weighted by Crippen LogP contribution is 2.20. The number of carboxylic acid groups (broad SMARTS) is 2. The first-order chi connectivity index (χ1) is 10.4. The van der Waals surface area contributed by atoms with Gasteiger partial charge < -0.3 is 15.9 Å². The summed E-state index contributed by atoms with van der Waals surface area (Å²) in [5, 5.41) is 21.3. The number of carboxylic acids is 2. The van der Waals surface area contributed by atoms with Crippen LogP contribution in [0.4, 0.5) is 4.79 Å². The van der Waals surface area contributed by atoms with Gasteiger partial charge in [0, 0.05) is 11.3 Å². The zero-order valence-corrected chi connectivity index (χ0v) is 12.6.